The van der Waals surface area contributed by atoms with Gasteiger partial charge in [0, 0.05) is 17.7 Å². The van der Waals surface area contributed by atoms with Crippen molar-refractivity contribution in [1.82, 2.24) is 0 Å². The Balaban J connectivity index is 2.26. The van der Waals surface area contributed by atoms with Crippen molar-refractivity contribution in [3.8, 4) is 0 Å². The van der Waals surface area contributed by atoms with Crippen LogP contribution in [0.25, 0.3) is 0 Å². The number of hydrogen-bond acceptors (Lipinski definition) is 2. The van der Waals surface area contributed by atoms with Crippen LogP contribution >= 0.6 is 0 Å². The van der Waals surface area contributed by atoms with Gasteiger partial charge in [0.05, 0.1) is 5.56 Å². The van der Waals surface area contributed by atoms with Crippen LogP contribution in [0.5, 0.6) is 0 Å². The molecule has 6 heteroatoms. The Bertz CT molecular complexity index is 680. The Morgan fingerprint density at radius 1 is 1.10 bits per heavy atom. The lowest BCUT2D eigenvalue weighted by molar-refractivity contribution is -0.137. The predicted octanol–water partition coefficient (Wildman–Crippen LogP) is 3.85. The number of carbonyl (C=O) groups excluding carboxylic acids is 1. The van der Waals surface area contributed by atoms with E-state index in [1.807, 2.05) is 0 Å². The molecule has 110 valence electrons. The van der Waals surface area contributed by atoms with Crippen LogP contribution in [-0.4, -0.2) is 5.78 Å². The Morgan fingerprint density at radius 2 is 1.81 bits per heavy atom. The van der Waals surface area contributed by atoms with Gasteiger partial charge in [-0.2, -0.15) is 13.2 Å². The lowest BCUT2D eigenvalue weighted by Gasteiger charge is -2.09. The first-order valence-electron chi connectivity index (χ1n) is 6.02. The van der Waals surface area contributed by atoms with E-state index >= 15 is 0 Å². The molecule has 2 aromatic carbocycles. The Kier molecular flexibility index (Phi) is 3.97. The molecule has 0 aliphatic rings. The van der Waals surface area contributed by atoms with E-state index < -0.39 is 23.3 Å². The van der Waals surface area contributed by atoms with Crippen LogP contribution in [0.2, 0.25) is 0 Å². The first-order chi connectivity index (χ1) is 9.77. The molecule has 0 bridgehead atoms. The lowest BCUT2D eigenvalue weighted by atomic mass is 10.00. The van der Waals surface area contributed by atoms with Crippen molar-refractivity contribution >= 4 is 11.5 Å². The molecular formula is C15H11F4NO. The van der Waals surface area contributed by atoms with E-state index in [4.69, 9.17) is 5.73 Å². The molecule has 0 aliphatic heterocycles. The Morgan fingerprint density at radius 3 is 2.48 bits per heavy atom. The van der Waals surface area contributed by atoms with E-state index in [-0.39, 0.29) is 23.2 Å². The summed E-state index contributed by atoms with van der Waals surface area (Å²) in [6.45, 7) is 0. The molecule has 0 amide bonds. The predicted molar refractivity (Wildman–Crippen MR) is 70.3 cm³/mol. The lowest BCUT2D eigenvalue weighted by Crippen LogP contribution is -2.09. The van der Waals surface area contributed by atoms with Gasteiger partial charge in [0.25, 0.3) is 0 Å². The molecule has 0 atom stereocenters. The number of carbonyl (C=O) groups is 1. The summed E-state index contributed by atoms with van der Waals surface area (Å²) in [6, 6.07) is 7.78. The van der Waals surface area contributed by atoms with Gasteiger partial charge in [-0.05, 0) is 29.8 Å². The fourth-order valence-corrected chi connectivity index (χ4v) is 1.91. The van der Waals surface area contributed by atoms with Gasteiger partial charge < -0.3 is 5.73 Å². The highest BCUT2D eigenvalue weighted by atomic mass is 19.4. The summed E-state index contributed by atoms with van der Waals surface area (Å²) in [5.74, 6) is -1.16. The maximum absolute atomic E-state index is 13.1. The number of hydrogen-bond donors (Lipinski definition) is 1. The van der Waals surface area contributed by atoms with Gasteiger partial charge in [-0.25, -0.2) is 4.39 Å². The molecule has 21 heavy (non-hydrogen) atoms. The molecule has 0 unspecified atom stereocenters. The fraction of sp³-hybridized carbons (Fsp3) is 0.133. The molecule has 2 aromatic rings. The van der Waals surface area contributed by atoms with Crippen LogP contribution in [0.3, 0.4) is 0 Å². The molecule has 0 aromatic heterocycles. The molecule has 0 saturated heterocycles. The molecule has 0 heterocycles. The van der Waals surface area contributed by atoms with E-state index in [9.17, 15) is 22.4 Å². The van der Waals surface area contributed by atoms with Gasteiger partial charge in [-0.1, -0.05) is 18.2 Å². The summed E-state index contributed by atoms with van der Waals surface area (Å²) in [5, 5.41) is 0. The van der Waals surface area contributed by atoms with Crippen molar-refractivity contribution in [2.24, 2.45) is 0 Å². The molecular weight excluding hydrogens is 286 g/mol. The summed E-state index contributed by atoms with van der Waals surface area (Å²) >= 11 is 0. The van der Waals surface area contributed by atoms with Crippen molar-refractivity contribution in [2.45, 2.75) is 12.6 Å². The normalized spacial score (nSPS) is 11.4. The number of nitrogens with two attached hydrogens (primary N) is 1. The maximum atomic E-state index is 13.1. The van der Waals surface area contributed by atoms with Gasteiger partial charge >= 0.3 is 6.18 Å². The zero-order valence-corrected chi connectivity index (χ0v) is 10.7. The number of alkyl halides is 3. The van der Waals surface area contributed by atoms with E-state index in [0.717, 1.165) is 24.3 Å². The standard InChI is InChI=1S/C15H11F4NO/c16-11-4-5-13(20)12(8-11)14(21)7-9-2-1-3-10(6-9)15(17,18)19/h1-6,8H,7,20H2. The first-order valence-corrected chi connectivity index (χ1v) is 6.02. The van der Waals surface area contributed by atoms with Crippen molar-refractivity contribution in [1.29, 1.82) is 0 Å². The highest BCUT2D eigenvalue weighted by Gasteiger charge is 2.30. The number of Topliss-reactive ketones (excluding diaryl/α,β-unsaturated/α-hetero) is 1. The molecule has 0 aliphatic carbocycles. The van der Waals surface area contributed by atoms with Crippen LogP contribution < -0.4 is 5.73 Å². The minimum Gasteiger partial charge on any atom is -0.398 e. The van der Waals surface area contributed by atoms with Crippen molar-refractivity contribution in [3.05, 3.63) is 65.0 Å². The summed E-state index contributed by atoms with van der Waals surface area (Å²) in [7, 11) is 0. The zero-order valence-electron chi connectivity index (χ0n) is 10.7. The third-order valence-corrected chi connectivity index (χ3v) is 2.93. The number of nitrogen functional groups attached to an aromatic ring is 1. The van der Waals surface area contributed by atoms with Crippen LogP contribution in [0.1, 0.15) is 21.5 Å². The third kappa shape index (κ3) is 3.59. The summed E-state index contributed by atoms with van der Waals surface area (Å²) in [6.07, 6.45) is -4.76. The quantitative estimate of drug-likeness (QED) is 0.531. The molecule has 2 nitrogen and oxygen atoms in total. The zero-order chi connectivity index (χ0) is 15.6. The van der Waals surface area contributed by atoms with Gasteiger partial charge in [-0.3, -0.25) is 4.79 Å². The number of anilines is 1. The average Bonchev–Trinajstić information content (AvgIpc) is 2.41. The van der Waals surface area contributed by atoms with Gasteiger partial charge in [0.15, 0.2) is 5.78 Å². The second-order valence-electron chi connectivity index (χ2n) is 4.53. The van der Waals surface area contributed by atoms with E-state index in [1.54, 1.807) is 0 Å². The van der Waals surface area contributed by atoms with Crippen molar-refractivity contribution in [2.75, 3.05) is 5.73 Å². The van der Waals surface area contributed by atoms with Crippen LogP contribution in [-0.2, 0) is 12.6 Å². The summed E-state index contributed by atoms with van der Waals surface area (Å²) in [4.78, 5) is 12.0. The monoisotopic (exact) mass is 297 g/mol. The number of halogens is 4. The Labute approximate surface area is 118 Å². The molecule has 0 spiro atoms. The van der Waals surface area contributed by atoms with Crippen LogP contribution in [0.15, 0.2) is 42.5 Å². The molecule has 2 rings (SSSR count). The van der Waals surface area contributed by atoms with Gasteiger partial charge in [0.2, 0.25) is 0 Å². The fourth-order valence-electron chi connectivity index (χ4n) is 1.91. The molecule has 0 fully saturated rings. The molecule has 2 N–H and O–H groups in total. The summed E-state index contributed by atoms with van der Waals surface area (Å²) < 4.78 is 50.9. The van der Waals surface area contributed by atoms with E-state index in [1.165, 1.54) is 18.2 Å². The second-order valence-corrected chi connectivity index (χ2v) is 4.53. The largest absolute Gasteiger partial charge is 0.416 e. The topological polar surface area (TPSA) is 43.1 Å². The number of rotatable bonds is 3. The smallest absolute Gasteiger partial charge is 0.398 e. The van der Waals surface area contributed by atoms with Crippen molar-refractivity contribution in [3.63, 3.8) is 0 Å². The second kappa shape index (κ2) is 5.55. The van der Waals surface area contributed by atoms with E-state index in [0.29, 0.717) is 0 Å². The SMILES string of the molecule is Nc1ccc(F)cc1C(=O)Cc1cccc(C(F)(F)F)c1. The van der Waals surface area contributed by atoms with Gasteiger partial charge in [-0.15, -0.1) is 0 Å². The summed E-state index contributed by atoms with van der Waals surface area (Å²) in [5.41, 5.74) is 4.99. The first kappa shape index (κ1) is 15.0. The maximum Gasteiger partial charge on any atom is 0.416 e. The van der Waals surface area contributed by atoms with Gasteiger partial charge in [0.1, 0.15) is 5.82 Å². The Hall–Kier alpha value is -2.37. The highest BCUT2D eigenvalue weighted by Crippen LogP contribution is 2.29. The van der Waals surface area contributed by atoms with Crippen LogP contribution in [0, 0.1) is 5.82 Å². The third-order valence-electron chi connectivity index (χ3n) is 2.93. The van der Waals surface area contributed by atoms with Crippen molar-refractivity contribution < 1.29 is 22.4 Å². The van der Waals surface area contributed by atoms with E-state index in [2.05, 4.69) is 0 Å². The number of benzene rings is 2. The molecule has 0 radical (unpaired) electrons. The minimum atomic E-state index is -4.48. The van der Waals surface area contributed by atoms with Crippen LogP contribution in [0.4, 0.5) is 23.2 Å². The highest BCUT2D eigenvalue weighted by molar-refractivity contribution is 6.01. The average molecular weight is 297 g/mol. The molecule has 0 saturated carbocycles. The number of ketones is 1. The minimum absolute atomic E-state index is 0.0348.